The molecular weight excluding hydrogens is 354 g/mol. The summed E-state index contributed by atoms with van der Waals surface area (Å²) >= 11 is 5.84. The van der Waals surface area contributed by atoms with Crippen LogP contribution in [0.3, 0.4) is 0 Å². The number of nitro groups is 1. The van der Waals surface area contributed by atoms with Crippen LogP contribution in [-0.4, -0.2) is 39.9 Å². The molecule has 0 atom stereocenters. The maximum Gasteiger partial charge on any atom is 0.329 e. The van der Waals surface area contributed by atoms with Crippen molar-refractivity contribution in [1.29, 1.82) is 0 Å². The van der Waals surface area contributed by atoms with Crippen molar-refractivity contribution in [2.75, 3.05) is 6.54 Å². The number of benzene rings is 1. The van der Waals surface area contributed by atoms with Crippen LogP contribution in [0.4, 0.5) is 5.69 Å². The monoisotopic (exact) mass is 369 g/mol. The molecule has 0 spiro atoms. The number of nitro benzene ring substituents is 1. The van der Waals surface area contributed by atoms with E-state index in [2.05, 4.69) is 10.6 Å². The van der Waals surface area contributed by atoms with Crippen LogP contribution in [0.1, 0.15) is 36.0 Å². The van der Waals surface area contributed by atoms with Crippen molar-refractivity contribution in [3.05, 3.63) is 38.9 Å². The number of hydrogen-bond acceptors (Lipinski definition) is 5. The lowest BCUT2D eigenvalue weighted by Crippen LogP contribution is -2.54. The van der Waals surface area contributed by atoms with Gasteiger partial charge in [0, 0.05) is 6.07 Å². The molecule has 1 aliphatic carbocycles. The predicted octanol–water partition coefficient (Wildman–Crippen LogP) is 1.49. The van der Waals surface area contributed by atoms with Gasteiger partial charge >= 0.3 is 5.97 Å². The molecule has 0 heterocycles. The summed E-state index contributed by atoms with van der Waals surface area (Å²) in [6.45, 7) is -0.518. The minimum atomic E-state index is -1.32. The summed E-state index contributed by atoms with van der Waals surface area (Å²) in [6.07, 6.45) is 2.01. The van der Waals surface area contributed by atoms with Crippen LogP contribution in [-0.2, 0) is 9.59 Å². The molecule has 9 nitrogen and oxygen atoms in total. The van der Waals surface area contributed by atoms with Crippen LogP contribution in [0.15, 0.2) is 18.2 Å². The first kappa shape index (κ1) is 18.7. The van der Waals surface area contributed by atoms with Crippen LogP contribution in [0.25, 0.3) is 0 Å². The number of carbonyl (C=O) groups excluding carboxylic acids is 2. The lowest BCUT2D eigenvalue weighted by Gasteiger charge is -2.25. The number of halogens is 1. The largest absolute Gasteiger partial charge is 0.480 e. The van der Waals surface area contributed by atoms with Gasteiger partial charge in [0.25, 0.3) is 11.6 Å². The van der Waals surface area contributed by atoms with Gasteiger partial charge in [0.2, 0.25) is 5.91 Å². The number of hydrogen-bond donors (Lipinski definition) is 3. The molecule has 1 aliphatic rings. The Labute approximate surface area is 147 Å². The number of carboxylic acid groups (broad SMARTS) is 1. The van der Waals surface area contributed by atoms with E-state index in [4.69, 9.17) is 11.6 Å². The van der Waals surface area contributed by atoms with Gasteiger partial charge in [-0.1, -0.05) is 30.5 Å². The van der Waals surface area contributed by atoms with Crippen LogP contribution >= 0.6 is 11.6 Å². The summed E-state index contributed by atoms with van der Waals surface area (Å²) in [5.74, 6) is -2.69. The van der Waals surface area contributed by atoms with E-state index >= 15 is 0 Å². The van der Waals surface area contributed by atoms with E-state index in [1.54, 1.807) is 0 Å². The second-order valence-electron chi connectivity index (χ2n) is 5.72. The van der Waals surface area contributed by atoms with Gasteiger partial charge in [0.15, 0.2) is 0 Å². The minimum absolute atomic E-state index is 0.120. The third-order valence-corrected chi connectivity index (χ3v) is 4.39. The number of nitrogens with one attached hydrogen (secondary N) is 2. The smallest absolute Gasteiger partial charge is 0.329 e. The first-order chi connectivity index (χ1) is 11.8. The number of amides is 2. The highest BCUT2D eigenvalue weighted by atomic mass is 35.5. The molecule has 25 heavy (non-hydrogen) atoms. The molecule has 10 heteroatoms. The van der Waals surface area contributed by atoms with E-state index in [9.17, 15) is 29.6 Å². The summed E-state index contributed by atoms with van der Waals surface area (Å²) in [7, 11) is 0. The van der Waals surface area contributed by atoms with Crippen LogP contribution in [0.2, 0.25) is 5.02 Å². The number of rotatable bonds is 6. The van der Waals surface area contributed by atoms with E-state index < -0.39 is 40.5 Å². The number of carbonyl (C=O) groups is 3. The Balaban J connectivity index is 2.04. The summed E-state index contributed by atoms with van der Waals surface area (Å²) in [5.41, 5.74) is -2.16. The third-order valence-electron chi connectivity index (χ3n) is 4.07. The highest BCUT2D eigenvalue weighted by molar-refractivity contribution is 6.34. The van der Waals surface area contributed by atoms with Crippen molar-refractivity contribution in [3.63, 3.8) is 0 Å². The fourth-order valence-electron chi connectivity index (χ4n) is 2.82. The van der Waals surface area contributed by atoms with E-state index in [0.29, 0.717) is 25.7 Å². The Morgan fingerprint density at radius 1 is 1.28 bits per heavy atom. The Morgan fingerprint density at radius 2 is 1.92 bits per heavy atom. The molecule has 0 aromatic heterocycles. The molecule has 134 valence electrons. The standard InChI is InChI=1S/C15H16ClN3O6/c16-9-4-3-5-10(19(24)25)12(9)13(21)17-8-11(20)18-15(14(22)23)6-1-2-7-15/h3-5H,1-2,6-8H2,(H,17,21)(H,18,20)(H,22,23). The van der Waals surface area contributed by atoms with Crippen LogP contribution in [0, 0.1) is 10.1 Å². The van der Waals surface area contributed by atoms with E-state index in [-0.39, 0.29) is 10.6 Å². The van der Waals surface area contributed by atoms with Gasteiger partial charge in [0.1, 0.15) is 11.1 Å². The van der Waals surface area contributed by atoms with Crippen molar-refractivity contribution in [2.24, 2.45) is 0 Å². The van der Waals surface area contributed by atoms with Gasteiger partial charge < -0.3 is 15.7 Å². The first-order valence-electron chi connectivity index (χ1n) is 7.52. The summed E-state index contributed by atoms with van der Waals surface area (Å²) < 4.78 is 0. The van der Waals surface area contributed by atoms with Crippen LogP contribution in [0.5, 0.6) is 0 Å². The highest BCUT2D eigenvalue weighted by Gasteiger charge is 2.42. The molecular formula is C15H16ClN3O6. The normalized spacial score (nSPS) is 15.4. The van der Waals surface area contributed by atoms with Gasteiger partial charge in [-0.25, -0.2) is 4.79 Å². The van der Waals surface area contributed by atoms with E-state index in [1.807, 2.05) is 0 Å². The zero-order chi connectivity index (χ0) is 18.6. The quantitative estimate of drug-likeness (QED) is 0.513. The number of nitrogens with zero attached hydrogens (tertiary/aromatic N) is 1. The molecule has 3 N–H and O–H groups in total. The number of aliphatic carboxylic acids is 1. The topological polar surface area (TPSA) is 139 Å². The molecule has 0 unspecified atom stereocenters. The Bertz CT molecular complexity index is 730. The number of carboxylic acids is 1. The highest BCUT2D eigenvalue weighted by Crippen LogP contribution is 2.30. The van der Waals surface area contributed by atoms with E-state index in [0.717, 1.165) is 6.07 Å². The van der Waals surface area contributed by atoms with Crippen molar-refractivity contribution >= 4 is 35.1 Å². The average Bonchev–Trinajstić information content (AvgIpc) is 3.02. The first-order valence-corrected chi connectivity index (χ1v) is 7.90. The SMILES string of the molecule is O=C(CNC(=O)c1c(Cl)cccc1[N+](=O)[O-])NC1(C(=O)O)CCCC1. The molecule has 1 aromatic rings. The molecule has 2 amide bonds. The summed E-state index contributed by atoms with van der Waals surface area (Å²) in [4.78, 5) is 45.8. The van der Waals surface area contributed by atoms with Crippen molar-refractivity contribution in [2.45, 2.75) is 31.2 Å². The Morgan fingerprint density at radius 3 is 2.48 bits per heavy atom. The second kappa shape index (κ2) is 7.47. The molecule has 1 aromatic carbocycles. The van der Waals surface area contributed by atoms with Crippen molar-refractivity contribution < 1.29 is 24.4 Å². The molecule has 2 rings (SSSR count). The maximum absolute atomic E-state index is 12.1. The van der Waals surface area contributed by atoms with Gasteiger partial charge in [-0.2, -0.15) is 0 Å². The molecule has 0 aliphatic heterocycles. The molecule has 0 saturated heterocycles. The summed E-state index contributed by atoms with van der Waals surface area (Å²) in [6, 6.07) is 3.78. The molecule has 1 saturated carbocycles. The van der Waals surface area contributed by atoms with Gasteiger partial charge in [-0.05, 0) is 18.9 Å². The van der Waals surface area contributed by atoms with Gasteiger partial charge in [-0.15, -0.1) is 0 Å². The summed E-state index contributed by atoms with van der Waals surface area (Å²) in [5, 5.41) is 24.8. The van der Waals surface area contributed by atoms with Crippen molar-refractivity contribution in [1.82, 2.24) is 10.6 Å². The molecule has 0 bridgehead atoms. The Hall–Kier alpha value is -2.68. The second-order valence-corrected chi connectivity index (χ2v) is 6.12. The fourth-order valence-corrected chi connectivity index (χ4v) is 3.08. The molecule has 0 radical (unpaired) electrons. The minimum Gasteiger partial charge on any atom is -0.480 e. The average molecular weight is 370 g/mol. The zero-order valence-electron chi connectivity index (χ0n) is 13.1. The maximum atomic E-state index is 12.1. The third kappa shape index (κ3) is 4.05. The zero-order valence-corrected chi connectivity index (χ0v) is 13.8. The van der Waals surface area contributed by atoms with Gasteiger partial charge in [0.05, 0.1) is 16.5 Å². The van der Waals surface area contributed by atoms with E-state index in [1.165, 1.54) is 12.1 Å². The molecule has 1 fully saturated rings. The van der Waals surface area contributed by atoms with Crippen molar-refractivity contribution in [3.8, 4) is 0 Å². The van der Waals surface area contributed by atoms with Crippen LogP contribution < -0.4 is 10.6 Å². The lowest BCUT2D eigenvalue weighted by molar-refractivity contribution is -0.385. The fraction of sp³-hybridized carbons (Fsp3) is 0.400. The predicted molar refractivity (Wildman–Crippen MR) is 87.4 cm³/mol. The lowest BCUT2D eigenvalue weighted by atomic mass is 9.98. The van der Waals surface area contributed by atoms with Gasteiger partial charge in [-0.3, -0.25) is 19.7 Å². The Kier molecular flexibility index (Phi) is 5.58.